The zero-order valence-corrected chi connectivity index (χ0v) is 7.01. The second-order valence-corrected chi connectivity index (χ2v) is 2.08. The Morgan fingerprint density at radius 3 is 2.18 bits per heavy atom. The highest BCUT2D eigenvalue weighted by Crippen LogP contribution is 2.09. The largest absolute Gasteiger partial charge is 0.0985 e. The molecule has 0 heterocycles. The fourth-order valence-corrected chi connectivity index (χ4v) is 0.624. The van der Waals surface area contributed by atoms with E-state index in [9.17, 15) is 0 Å². The van der Waals surface area contributed by atoms with Gasteiger partial charge < -0.3 is 0 Å². The van der Waals surface area contributed by atoms with Crippen LogP contribution in [0.5, 0.6) is 0 Å². The molecule has 0 radical (unpaired) electrons. The summed E-state index contributed by atoms with van der Waals surface area (Å²) in [6.07, 6.45) is 9.35. The lowest BCUT2D eigenvalue weighted by Crippen LogP contribution is -1.77. The fourth-order valence-electron chi connectivity index (χ4n) is 0.624. The number of allylic oxidation sites excluding steroid dienone is 7. The number of rotatable bonds is 4. The molecule has 11 heavy (non-hydrogen) atoms. The van der Waals surface area contributed by atoms with E-state index in [4.69, 9.17) is 0 Å². The quantitative estimate of drug-likeness (QED) is 0.533. The van der Waals surface area contributed by atoms with Crippen LogP contribution in [-0.2, 0) is 0 Å². The van der Waals surface area contributed by atoms with Gasteiger partial charge in [-0.25, -0.2) is 0 Å². The first-order chi connectivity index (χ1) is 5.26. The average Bonchev–Trinajstić information content (AvgIpc) is 2.05. The van der Waals surface area contributed by atoms with Gasteiger partial charge in [0.2, 0.25) is 0 Å². The normalized spacial score (nSPS) is 11.5. The molecule has 0 aromatic heterocycles. The molecule has 0 saturated heterocycles. The first-order valence-electron chi connectivity index (χ1n) is 3.53. The maximum Gasteiger partial charge on any atom is -0.0196 e. The monoisotopic (exact) mass is 146 g/mol. The molecule has 0 rings (SSSR count). The van der Waals surface area contributed by atoms with Crippen LogP contribution in [-0.4, -0.2) is 0 Å². The van der Waals surface area contributed by atoms with Crippen molar-refractivity contribution in [1.82, 2.24) is 0 Å². The minimum Gasteiger partial charge on any atom is -0.0985 e. The van der Waals surface area contributed by atoms with E-state index in [-0.39, 0.29) is 0 Å². The molecule has 0 aliphatic heterocycles. The third-order valence-corrected chi connectivity index (χ3v) is 1.31. The molecule has 0 aliphatic carbocycles. The molecular weight excluding hydrogens is 132 g/mol. The molecule has 0 amide bonds. The van der Waals surface area contributed by atoms with Gasteiger partial charge in [-0.2, -0.15) is 0 Å². The molecular formula is C11H14. The molecule has 0 aromatic carbocycles. The third-order valence-electron chi connectivity index (χ3n) is 1.31. The van der Waals surface area contributed by atoms with Crippen molar-refractivity contribution in [1.29, 1.82) is 0 Å². The van der Waals surface area contributed by atoms with E-state index in [0.717, 1.165) is 11.1 Å². The standard InChI is InChI=1S/C11H14/c1-5-8-9-11(7-3)10(4)6-2/h5-9H,2-4H2,1H3/b8-5-,11-9+. The van der Waals surface area contributed by atoms with Crippen LogP contribution >= 0.6 is 0 Å². The molecule has 0 N–H and O–H groups in total. The SMILES string of the molecule is C=CC(=C)/C(C=C)=C/C=C\C. The predicted molar refractivity (Wildman–Crippen MR) is 52.4 cm³/mol. The zero-order chi connectivity index (χ0) is 8.69. The first kappa shape index (κ1) is 9.70. The van der Waals surface area contributed by atoms with Crippen LogP contribution in [0.2, 0.25) is 0 Å². The van der Waals surface area contributed by atoms with Gasteiger partial charge in [-0.1, -0.05) is 50.1 Å². The van der Waals surface area contributed by atoms with Crippen LogP contribution in [0.1, 0.15) is 6.92 Å². The van der Waals surface area contributed by atoms with Crippen LogP contribution in [0.25, 0.3) is 0 Å². The van der Waals surface area contributed by atoms with Crippen molar-refractivity contribution in [3.05, 3.63) is 61.3 Å². The van der Waals surface area contributed by atoms with Gasteiger partial charge in [0.1, 0.15) is 0 Å². The van der Waals surface area contributed by atoms with Crippen molar-refractivity contribution in [3.8, 4) is 0 Å². The summed E-state index contributed by atoms with van der Waals surface area (Å²) >= 11 is 0. The lowest BCUT2D eigenvalue weighted by Gasteiger charge is -1.97. The second-order valence-electron chi connectivity index (χ2n) is 2.08. The van der Waals surface area contributed by atoms with Crippen molar-refractivity contribution in [2.45, 2.75) is 6.92 Å². The topological polar surface area (TPSA) is 0 Å². The van der Waals surface area contributed by atoms with Gasteiger partial charge >= 0.3 is 0 Å². The molecule has 58 valence electrons. The van der Waals surface area contributed by atoms with E-state index in [2.05, 4.69) is 19.7 Å². The van der Waals surface area contributed by atoms with Crippen LogP contribution < -0.4 is 0 Å². The molecule has 0 fully saturated rings. The van der Waals surface area contributed by atoms with E-state index in [0.29, 0.717) is 0 Å². The highest BCUT2D eigenvalue weighted by atomic mass is 13.9. The molecule has 0 heteroatoms. The minimum absolute atomic E-state index is 0.901. The van der Waals surface area contributed by atoms with Crippen LogP contribution in [0.3, 0.4) is 0 Å². The van der Waals surface area contributed by atoms with Gasteiger partial charge in [-0.05, 0) is 18.1 Å². The van der Waals surface area contributed by atoms with E-state index in [1.807, 2.05) is 25.2 Å². The Bertz CT molecular complexity index is 214. The molecule has 0 nitrogen and oxygen atoms in total. The van der Waals surface area contributed by atoms with Crippen molar-refractivity contribution in [3.63, 3.8) is 0 Å². The Balaban J connectivity index is 4.51. The summed E-state index contributed by atoms with van der Waals surface area (Å²) < 4.78 is 0. The number of hydrogen-bond donors (Lipinski definition) is 0. The van der Waals surface area contributed by atoms with Gasteiger partial charge in [0.15, 0.2) is 0 Å². The Morgan fingerprint density at radius 2 is 1.82 bits per heavy atom. The summed E-state index contributed by atoms with van der Waals surface area (Å²) in [5.74, 6) is 0. The van der Waals surface area contributed by atoms with E-state index >= 15 is 0 Å². The Morgan fingerprint density at radius 1 is 1.18 bits per heavy atom. The van der Waals surface area contributed by atoms with Gasteiger partial charge in [-0.15, -0.1) is 0 Å². The van der Waals surface area contributed by atoms with Crippen molar-refractivity contribution < 1.29 is 0 Å². The van der Waals surface area contributed by atoms with Crippen LogP contribution in [0.15, 0.2) is 61.3 Å². The minimum atomic E-state index is 0.901. The maximum absolute atomic E-state index is 3.81. The first-order valence-corrected chi connectivity index (χ1v) is 3.53. The van der Waals surface area contributed by atoms with Gasteiger partial charge in [-0.3, -0.25) is 0 Å². The van der Waals surface area contributed by atoms with E-state index in [1.165, 1.54) is 0 Å². The summed E-state index contributed by atoms with van der Waals surface area (Å²) in [6.45, 7) is 13.1. The summed E-state index contributed by atoms with van der Waals surface area (Å²) in [5, 5.41) is 0. The Hall–Kier alpha value is -1.30. The number of hydrogen-bond acceptors (Lipinski definition) is 0. The molecule has 0 aromatic rings. The average molecular weight is 146 g/mol. The highest BCUT2D eigenvalue weighted by molar-refractivity contribution is 5.44. The summed E-state index contributed by atoms with van der Waals surface area (Å²) in [4.78, 5) is 0. The van der Waals surface area contributed by atoms with Crippen LogP contribution in [0.4, 0.5) is 0 Å². The van der Waals surface area contributed by atoms with Gasteiger partial charge in [0.25, 0.3) is 0 Å². The molecule has 0 bridgehead atoms. The highest BCUT2D eigenvalue weighted by Gasteiger charge is 1.89. The third kappa shape index (κ3) is 3.41. The zero-order valence-electron chi connectivity index (χ0n) is 7.01. The van der Waals surface area contributed by atoms with Crippen molar-refractivity contribution >= 4 is 0 Å². The van der Waals surface area contributed by atoms with E-state index < -0.39 is 0 Å². The fraction of sp³-hybridized carbons (Fsp3) is 0.0909. The maximum atomic E-state index is 3.81. The summed E-state index contributed by atoms with van der Waals surface area (Å²) in [7, 11) is 0. The van der Waals surface area contributed by atoms with Crippen LogP contribution in [0, 0.1) is 0 Å². The molecule has 0 spiro atoms. The summed E-state index contributed by atoms with van der Waals surface area (Å²) in [5.41, 5.74) is 1.91. The van der Waals surface area contributed by atoms with Crippen molar-refractivity contribution in [2.24, 2.45) is 0 Å². The molecule has 0 unspecified atom stereocenters. The Labute approximate surface area is 68.9 Å². The predicted octanol–water partition coefficient (Wildman–Crippen LogP) is 3.42. The van der Waals surface area contributed by atoms with Crippen molar-refractivity contribution in [2.75, 3.05) is 0 Å². The summed E-state index contributed by atoms with van der Waals surface area (Å²) in [6, 6.07) is 0. The second kappa shape index (κ2) is 5.48. The molecule has 0 saturated carbocycles. The Kier molecular flexibility index (Phi) is 4.83. The van der Waals surface area contributed by atoms with Gasteiger partial charge in [0.05, 0.1) is 0 Å². The lowest BCUT2D eigenvalue weighted by atomic mass is 10.1. The molecule has 0 atom stereocenters. The lowest BCUT2D eigenvalue weighted by molar-refractivity contribution is 1.58. The molecule has 0 aliphatic rings. The van der Waals surface area contributed by atoms with E-state index in [1.54, 1.807) is 12.2 Å². The smallest absolute Gasteiger partial charge is 0.0196 e. The van der Waals surface area contributed by atoms with Gasteiger partial charge in [0, 0.05) is 0 Å².